The minimum atomic E-state index is -1.54. The molecule has 0 amide bonds. The summed E-state index contributed by atoms with van der Waals surface area (Å²) in [6, 6.07) is 0. The second kappa shape index (κ2) is 6.23. The summed E-state index contributed by atoms with van der Waals surface area (Å²) in [5, 5.41) is 75.9. The number of aliphatic hydroxyl groups excluding tert-OH is 6. The minimum Gasteiger partial charge on any atom is -0.396 e. The Bertz CT molecular complexity index is 613. The molecule has 27 heavy (non-hydrogen) atoms. The zero-order valence-corrected chi connectivity index (χ0v) is 16.3. The van der Waals surface area contributed by atoms with E-state index in [-0.39, 0.29) is 19.3 Å². The molecule has 3 aliphatic carbocycles. The summed E-state index contributed by atoms with van der Waals surface area (Å²) in [5.74, 6) is -1.70. The summed E-state index contributed by atoms with van der Waals surface area (Å²) in [6.45, 7) is 8.34. The normalized spacial score (nSPS) is 61.0. The van der Waals surface area contributed by atoms with E-state index >= 15 is 0 Å². The lowest BCUT2D eigenvalue weighted by Gasteiger charge is -2.69. The second-order valence-electron chi connectivity index (χ2n) is 9.95. The molecule has 0 aromatic heterocycles. The number of fused-ring (bicyclic) bond motifs is 3. The molecule has 3 fully saturated rings. The van der Waals surface area contributed by atoms with E-state index in [0.717, 1.165) is 0 Å². The van der Waals surface area contributed by atoms with Crippen LogP contribution in [0.2, 0.25) is 0 Å². The molecule has 3 saturated carbocycles. The highest BCUT2D eigenvalue weighted by Crippen LogP contribution is 2.66. The van der Waals surface area contributed by atoms with Gasteiger partial charge in [0.1, 0.15) is 0 Å². The molecule has 3 aliphatic rings. The fourth-order valence-electron chi connectivity index (χ4n) is 6.90. The molecule has 0 saturated heterocycles. The van der Waals surface area contributed by atoms with Crippen LogP contribution in [0, 0.1) is 28.1 Å². The molecule has 7 nitrogen and oxygen atoms in total. The highest BCUT2D eigenvalue weighted by atomic mass is 16.3. The van der Waals surface area contributed by atoms with Crippen LogP contribution in [0.4, 0.5) is 0 Å². The van der Waals surface area contributed by atoms with Crippen LogP contribution in [0.1, 0.15) is 40.0 Å². The van der Waals surface area contributed by atoms with Gasteiger partial charge in [-0.3, -0.25) is 0 Å². The van der Waals surface area contributed by atoms with Crippen molar-refractivity contribution < 1.29 is 35.7 Å². The number of rotatable bonds is 2. The predicted molar refractivity (Wildman–Crippen MR) is 97.4 cm³/mol. The largest absolute Gasteiger partial charge is 0.396 e. The first-order valence-corrected chi connectivity index (χ1v) is 9.69. The van der Waals surface area contributed by atoms with Gasteiger partial charge in [0.25, 0.3) is 0 Å². The molecule has 7 heteroatoms. The van der Waals surface area contributed by atoms with E-state index in [2.05, 4.69) is 6.58 Å². The third-order valence-corrected chi connectivity index (χ3v) is 8.34. The first kappa shape index (κ1) is 21.2. The van der Waals surface area contributed by atoms with Gasteiger partial charge in [-0.25, -0.2) is 0 Å². The molecule has 7 N–H and O–H groups in total. The maximum atomic E-state index is 11.5. The Morgan fingerprint density at radius 2 is 1.59 bits per heavy atom. The Morgan fingerprint density at radius 3 is 2.11 bits per heavy atom. The van der Waals surface area contributed by atoms with Crippen LogP contribution in [0.15, 0.2) is 12.7 Å². The molecule has 0 aromatic rings. The number of hydrogen-bond acceptors (Lipinski definition) is 7. The monoisotopic (exact) mass is 386 g/mol. The predicted octanol–water partition coefficient (Wildman–Crippen LogP) is -0.837. The lowest BCUT2D eigenvalue weighted by Crippen LogP contribution is -2.76. The Balaban J connectivity index is 2.18. The molecule has 0 aromatic carbocycles. The summed E-state index contributed by atoms with van der Waals surface area (Å²) in [5.41, 5.74) is -4.82. The molecule has 3 rings (SSSR count). The van der Waals surface area contributed by atoms with Crippen LogP contribution < -0.4 is 0 Å². The molecule has 11 atom stereocenters. The van der Waals surface area contributed by atoms with Gasteiger partial charge in [0.05, 0.1) is 42.7 Å². The van der Waals surface area contributed by atoms with Crippen LogP contribution in [0.3, 0.4) is 0 Å². The van der Waals surface area contributed by atoms with Gasteiger partial charge in [0, 0.05) is 40.9 Å². The molecule has 0 aliphatic heterocycles. The van der Waals surface area contributed by atoms with E-state index in [1.54, 1.807) is 20.8 Å². The smallest absolute Gasteiger partial charge is 0.0891 e. The van der Waals surface area contributed by atoms with Gasteiger partial charge in [-0.1, -0.05) is 26.8 Å². The summed E-state index contributed by atoms with van der Waals surface area (Å²) in [7, 11) is 0. The van der Waals surface area contributed by atoms with Gasteiger partial charge < -0.3 is 35.7 Å². The van der Waals surface area contributed by atoms with E-state index in [1.165, 1.54) is 6.08 Å². The number of aliphatic hydroxyl groups is 7. The van der Waals surface area contributed by atoms with Crippen molar-refractivity contribution in [1.82, 2.24) is 0 Å². The SMILES string of the molecule is C=C[C@]1(C)C[C@]2(O)C[C@@H](O)C3[C@@](C)(C2[C@H](O)[C@H]1O)[C@H](O)C[C@@H](O)[C@]3(C)CO. The van der Waals surface area contributed by atoms with Crippen molar-refractivity contribution in [3.8, 4) is 0 Å². The lowest BCUT2D eigenvalue weighted by molar-refractivity contribution is -0.323. The average Bonchev–Trinajstić information content (AvgIpc) is 2.57. The lowest BCUT2D eigenvalue weighted by atomic mass is 9.39. The quantitative estimate of drug-likeness (QED) is 0.307. The van der Waals surface area contributed by atoms with Crippen LogP contribution in [-0.2, 0) is 0 Å². The molecular weight excluding hydrogens is 352 g/mol. The van der Waals surface area contributed by atoms with Crippen LogP contribution in [-0.4, -0.2) is 78.5 Å². The molecular formula is C20H34O7. The zero-order valence-electron chi connectivity index (χ0n) is 16.3. The standard InChI is InChI=1S/C20H34O7/c1-5-17(2)8-20(27)7-10(22)14-18(3,9-21)11(23)6-12(24)19(14,4)15(20)13(25)16(17)26/h5,10-16,21-27H,1,6-9H2,2-4H3/t10-,11-,12-,13+,14?,15?,16-,17-,18+,19+,20-/m1/s1. The highest BCUT2D eigenvalue weighted by Gasteiger charge is 2.73. The van der Waals surface area contributed by atoms with Gasteiger partial charge in [0.15, 0.2) is 0 Å². The van der Waals surface area contributed by atoms with Crippen molar-refractivity contribution in [3.63, 3.8) is 0 Å². The van der Waals surface area contributed by atoms with Crippen molar-refractivity contribution >= 4 is 0 Å². The second-order valence-corrected chi connectivity index (χ2v) is 9.95. The van der Waals surface area contributed by atoms with Crippen molar-refractivity contribution in [2.45, 2.75) is 76.2 Å². The van der Waals surface area contributed by atoms with E-state index in [1.807, 2.05) is 0 Å². The first-order valence-electron chi connectivity index (χ1n) is 9.69. The third-order valence-electron chi connectivity index (χ3n) is 8.34. The zero-order chi connectivity index (χ0) is 20.6. The Kier molecular flexibility index (Phi) is 4.88. The van der Waals surface area contributed by atoms with Gasteiger partial charge in [0.2, 0.25) is 0 Å². The van der Waals surface area contributed by atoms with Crippen molar-refractivity contribution in [3.05, 3.63) is 12.7 Å². The van der Waals surface area contributed by atoms with E-state index in [4.69, 9.17) is 0 Å². The summed E-state index contributed by atoms with van der Waals surface area (Å²) >= 11 is 0. The van der Waals surface area contributed by atoms with E-state index in [0.29, 0.717) is 0 Å². The van der Waals surface area contributed by atoms with Gasteiger partial charge in [-0.05, 0) is 6.42 Å². The molecule has 0 radical (unpaired) electrons. The molecule has 0 spiro atoms. The maximum absolute atomic E-state index is 11.5. The topological polar surface area (TPSA) is 142 Å². The molecule has 2 unspecified atom stereocenters. The fourth-order valence-corrected chi connectivity index (χ4v) is 6.90. The third kappa shape index (κ3) is 2.53. The highest BCUT2D eigenvalue weighted by molar-refractivity contribution is 5.23. The van der Waals surface area contributed by atoms with Crippen LogP contribution >= 0.6 is 0 Å². The molecule has 0 bridgehead atoms. The average molecular weight is 386 g/mol. The minimum absolute atomic E-state index is 0.0507. The van der Waals surface area contributed by atoms with E-state index < -0.39 is 70.8 Å². The number of hydrogen-bond donors (Lipinski definition) is 7. The Labute approximate surface area is 160 Å². The molecule has 156 valence electrons. The van der Waals surface area contributed by atoms with E-state index in [9.17, 15) is 35.7 Å². The fraction of sp³-hybridized carbons (Fsp3) is 0.900. The Morgan fingerprint density at radius 1 is 1.00 bits per heavy atom. The van der Waals surface area contributed by atoms with Crippen LogP contribution in [0.25, 0.3) is 0 Å². The summed E-state index contributed by atoms with van der Waals surface area (Å²) in [6.07, 6.45) is -4.38. The first-order chi connectivity index (χ1) is 12.3. The van der Waals surface area contributed by atoms with Crippen molar-refractivity contribution in [2.24, 2.45) is 28.1 Å². The van der Waals surface area contributed by atoms with Gasteiger partial charge in [-0.2, -0.15) is 0 Å². The van der Waals surface area contributed by atoms with Gasteiger partial charge in [-0.15, -0.1) is 6.58 Å². The Hall–Kier alpha value is -0.540. The maximum Gasteiger partial charge on any atom is 0.0891 e. The van der Waals surface area contributed by atoms with Crippen molar-refractivity contribution in [2.75, 3.05) is 6.61 Å². The van der Waals surface area contributed by atoms with Gasteiger partial charge >= 0.3 is 0 Å². The van der Waals surface area contributed by atoms with Crippen LogP contribution in [0.5, 0.6) is 0 Å². The van der Waals surface area contributed by atoms with Crippen molar-refractivity contribution in [1.29, 1.82) is 0 Å². The molecule has 0 heterocycles. The summed E-state index contributed by atoms with van der Waals surface area (Å²) < 4.78 is 0. The summed E-state index contributed by atoms with van der Waals surface area (Å²) in [4.78, 5) is 0.